The number of rotatable bonds is 7. The van der Waals surface area contributed by atoms with Crippen LogP contribution in [0.1, 0.15) is 13.3 Å². The fourth-order valence-corrected chi connectivity index (χ4v) is 1.58. The highest BCUT2D eigenvalue weighted by atomic mass is 35.5. The molecule has 1 atom stereocenters. The van der Waals surface area contributed by atoms with Crippen LogP contribution in [0.25, 0.3) is 0 Å². The molecule has 5 nitrogen and oxygen atoms in total. The van der Waals surface area contributed by atoms with Gasteiger partial charge in [-0.2, -0.15) is 0 Å². The number of anilines is 1. The summed E-state index contributed by atoms with van der Waals surface area (Å²) in [5, 5.41) is 3.17. The first-order chi connectivity index (χ1) is 9.04. The summed E-state index contributed by atoms with van der Waals surface area (Å²) < 4.78 is 10.4. The molecule has 1 aromatic carbocycles. The van der Waals surface area contributed by atoms with Crippen LogP contribution in [0.3, 0.4) is 0 Å². The normalized spacial score (nSPS) is 11.9. The van der Waals surface area contributed by atoms with Crippen molar-refractivity contribution in [1.29, 1.82) is 0 Å². The largest absolute Gasteiger partial charge is 0.481 e. The van der Waals surface area contributed by atoms with Gasteiger partial charge in [-0.1, -0.05) is 11.6 Å². The predicted molar refractivity (Wildman–Crippen MR) is 75.5 cm³/mol. The van der Waals surface area contributed by atoms with Crippen molar-refractivity contribution in [2.24, 2.45) is 0 Å². The molecule has 0 aliphatic heterocycles. The van der Waals surface area contributed by atoms with Crippen LogP contribution in [0, 0.1) is 0 Å². The van der Waals surface area contributed by atoms with Gasteiger partial charge in [0.1, 0.15) is 5.75 Å². The van der Waals surface area contributed by atoms with Crippen molar-refractivity contribution in [2.45, 2.75) is 19.4 Å². The summed E-state index contributed by atoms with van der Waals surface area (Å²) in [6, 6.07) is 4.91. The number of nitrogens with one attached hydrogen (secondary N) is 1. The summed E-state index contributed by atoms with van der Waals surface area (Å²) in [6.07, 6.45) is 0.171. The molecule has 0 saturated heterocycles. The summed E-state index contributed by atoms with van der Waals surface area (Å²) in [5.41, 5.74) is 6.07. The summed E-state index contributed by atoms with van der Waals surface area (Å²) in [5.74, 6) is 0.336. The fourth-order valence-electron chi connectivity index (χ4n) is 1.41. The number of hydrogen-bond donors (Lipinski definition) is 2. The molecule has 0 aromatic heterocycles. The lowest BCUT2D eigenvalue weighted by molar-refractivity contribution is -0.127. The molecule has 1 aromatic rings. The molecule has 0 radical (unpaired) electrons. The van der Waals surface area contributed by atoms with Gasteiger partial charge in [-0.3, -0.25) is 4.79 Å². The number of methoxy groups -OCH3 is 1. The maximum absolute atomic E-state index is 11.7. The van der Waals surface area contributed by atoms with E-state index in [0.717, 1.165) is 6.42 Å². The van der Waals surface area contributed by atoms with Gasteiger partial charge >= 0.3 is 0 Å². The summed E-state index contributed by atoms with van der Waals surface area (Å²) in [6.45, 7) is 2.85. The fraction of sp³-hybridized carbons (Fsp3) is 0.462. The molecule has 0 saturated carbocycles. The second kappa shape index (κ2) is 7.86. The molecule has 0 aliphatic rings. The second-order valence-electron chi connectivity index (χ2n) is 4.08. The molecule has 1 rings (SSSR count). The zero-order chi connectivity index (χ0) is 14.3. The van der Waals surface area contributed by atoms with Gasteiger partial charge in [-0.25, -0.2) is 0 Å². The van der Waals surface area contributed by atoms with Crippen LogP contribution in [0.15, 0.2) is 18.2 Å². The zero-order valence-corrected chi connectivity index (χ0v) is 11.9. The third-order valence-corrected chi connectivity index (χ3v) is 2.81. The molecular formula is C13H19ClN2O3. The van der Waals surface area contributed by atoms with Gasteiger partial charge in [0.05, 0.1) is 10.7 Å². The van der Waals surface area contributed by atoms with Gasteiger partial charge in [0.2, 0.25) is 0 Å². The Morgan fingerprint density at radius 3 is 2.89 bits per heavy atom. The zero-order valence-electron chi connectivity index (χ0n) is 11.1. The molecule has 3 N–H and O–H groups in total. The standard InChI is InChI=1S/C13H19ClN2O3/c1-9(13(17)16-6-3-7-18-2)19-10-4-5-12(15)11(14)8-10/h4-5,8-9H,3,6-7,15H2,1-2H3,(H,16,17). The quantitative estimate of drug-likeness (QED) is 0.592. The molecule has 0 heterocycles. The van der Waals surface area contributed by atoms with Crippen molar-refractivity contribution in [3.8, 4) is 5.75 Å². The number of carbonyl (C=O) groups is 1. The Hall–Kier alpha value is -1.46. The van der Waals surface area contributed by atoms with Gasteiger partial charge < -0.3 is 20.5 Å². The Labute approximate surface area is 118 Å². The lowest BCUT2D eigenvalue weighted by Gasteiger charge is -2.15. The average Bonchev–Trinajstić information content (AvgIpc) is 2.38. The summed E-state index contributed by atoms with van der Waals surface area (Å²) >= 11 is 5.88. The summed E-state index contributed by atoms with van der Waals surface area (Å²) in [7, 11) is 1.62. The Bertz CT molecular complexity index is 426. The van der Waals surface area contributed by atoms with E-state index in [1.165, 1.54) is 0 Å². The third kappa shape index (κ3) is 5.36. The molecule has 106 valence electrons. The van der Waals surface area contributed by atoms with Crippen LogP contribution in [0.4, 0.5) is 5.69 Å². The van der Waals surface area contributed by atoms with Crippen molar-refractivity contribution in [3.05, 3.63) is 23.2 Å². The average molecular weight is 287 g/mol. The Kier molecular flexibility index (Phi) is 6.45. The molecular weight excluding hydrogens is 268 g/mol. The van der Waals surface area contributed by atoms with Gasteiger partial charge in [-0.05, 0) is 25.5 Å². The maximum Gasteiger partial charge on any atom is 0.260 e. The van der Waals surface area contributed by atoms with E-state index in [4.69, 9.17) is 26.8 Å². The number of benzene rings is 1. The minimum absolute atomic E-state index is 0.177. The summed E-state index contributed by atoms with van der Waals surface area (Å²) in [4.78, 5) is 11.7. The first kappa shape index (κ1) is 15.6. The van der Waals surface area contributed by atoms with Crippen LogP contribution in [0.2, 0.25) is 5.02 Å². The van der Waals surface area contributed by atoms with E-state index in [1.54, 1.807) is 32.2 Å². The lowest BCUT2D eigenvalue weighted by Crippen LogP contribution is -2.37. The number of ether oxygens (including phenoxy) is 2. The highest BCUT2D eigenvalue weighted by molar-refractivity contribution is 6.33. The van der Waals surface area contributed by atoms with E-state index < -0.39 is 6.10 Å². The number of halogens is 1. The lowest BCUT2D eigenvalue weighted by atomic mass is 10.3. The Balaban J connectivity index is 2.42. The van der Waals surface area contributed by atoms with Crippen molar-refractivity contribution in [2.75, 3.05) is 26.0 Å². The van der Waals surface area contributed by atoms with Crippen LogP contribution in [0.5, 0.6) is 5.75 Å². The van der Waals surface area contributed by atoms with E-state index in [1.807, 2.05) is 0 Å². The van der Waals surface area contributed by atoms with E-state index in [9.17, 15) is 4.79 Å². The third-order valence-electron chi connectivity index (χ3n) is 2.48. The molecule has 1 amide bonds. The first-order valence-electron chi connectivity index (χ1n) is 6.03. The molecule has 19 heavy (non-hydrogen) atoms. The Morgan fingerprint density at radius 2 is 2.26 bits per heavy atom. The number of nitrogens with two attached hydrogens (primary N) is 1. The van der Waals surface area contributed by atoms with E-state index in [2.05, 4.69) is 5.32 Å². The first-order valence-corrected chi connectivity index (χ1v) is 6.40. The van der Waals surface area contributed by atoms with Crippen LogP contribution in [-0.4, -0.2) is 32.3 Å². The van der Waals surface area contributed by atoms with Gasteiger partial charge in [0.25, 0.3) is 5.91 Å². The van der Waals surface area contributed by atoms with Crippen molar-refractivity contribution in [1.82, 2.24) is 5.32 Å². The number of hydrogen-bond acceptors (Lipinski definition) is 4. The van der Waals surface area contributed by atoms with E-state index in [-0.39, 0.29) is 5.91 Å². The van der Waals surface area contributed by atoms with Crippen molar-refractivity contribution in [3.63, 3.8) is 0 Å². The predicted octanol–water partition coefficient (Wildman–Crippen LogP) is 1.84. The van der Waals surface area contributed by atoms with Crippen LogP contribution < -0.4 is 15.8 Å². The van der Waals surface area contributed by atoms with E-state index in [0.29, 0.717) is 29.6 Å². The van der Waals surface area contributed by atoms with Gasteiger partial charge in [0.15, 0.2) is 6.10 Å². The topological polar surface area (TPSA) is 73.6 Å². The molecule has 6 heteroatoms. The smallest absolute Gasteiger partial charge is 0.260 e. The SMILES string of the molecule is COCCCNC(=O)C(C)Oc1ccc(N)c(Cl)c1. The van der Waals surface area contributed by atoms with Crippen LogP contribution >= 0.6 is 11.6 Å². The minimum Gasteiger partial charge on any atom is -0.481 e. The number of carbonyl (C=O) groups excluding carboxylic acids is 1. The number of nitrogen functional groups attached to an aromatic ring is 1. The highest BCUT2D eigenvalue weighted by Crippen LogP contribution is 2.24. The molecule has 0 aliphatic carbocycles. The molecule has 1 unspecified atom stereocenters. The molecule has 0 spiro atoms. The minimum atomic E-state index is -0.595. The van der Waals surface area contributed by atoms with Crippen molar-refractivity contribution < 1.29 is 14.3 Å². The van der Waals surface area contributed by atoms with Crippen molar-refractivity contribution >= 4 is 23.2 Å². The highest BCUT2D eigenvalue weighted by Gasteiger charge is 2.14. The molecule has 0 fully saturated rings. The van der Waals surface area contributed by atoms with E-state index >= 15 is 0 Å². The van der Waals surface area contributed by atoms with Gasteiger partial charge in [0, 0.05) is 26.3 Å². The number of amides is 1. The molecule has 0 bridgehead atoms. The monoisotopic (exact) mass is 286 g/mol. The van der Waals surface area contributed by atoms with Gasteiger partial charge in [-0.15, -0.1) is 0 Å². The Morgan fingerprint density at radius 1 is 1.53 bits per heavy atom. The van der Waals surface area contributed by atoms with Crippen LogP contribution in [-0.2, 0) is 9.53 Å². The maximum atomic E-state index is 11.7. The second-order valence-corrected chi connectivity index (χ2v) is 4.49.